The van der Waals surface area contributed by atoms with E-state index in [4.69, 9.17) is 4.74 Å². The summed E-state index contributed by atoms with van der Waals surface area (Å²) >= 11 is 0. The Kier molecular flexibility index (Phi) is 12.2. The first-order chi connectivity index (χ1) is 20.3. The lowest BCUT2D eigenvalue weighted by Crippen LogP contribution is -2.36. The number of ether oxygens (including phenoxy) is 1. The van der Waals surface area contributed by atoms with Gasteiger partial charge in [0.1, 0.15) is 0 Å². The van der Waals surface area contributed by atoms with Crippen LogP contribution in [0.15, 0.2) is 78.0 Å². The van der Waals surface area contributed by atoms with Gasteiger partial charge >= 0.3 is 17.1 Å². The summed E-state index contributed by atoms with van der Waals surface area (Å²) in [5.74, 6) is 0. The van der Waals surface area contributed by atoms with Crippen molar-refractivity contribution in [2.24, 2.45) is 4.99 Å². The fourth-order valence-electron chi connectivity index (χ4n) is 3.09. The third-order valence-electron chi connectivity index (χ3n) is 5.09. The van der Waals surface area contributed by atoms with E-state index in [1.54, 1.807) is 12.1 Å². The Labute approximate surface area is 247 Å². The fraction of sp³-hybridized carbons (Fsp3) is 0.240. The second-order valence-electron chi connectivity index (χ2n) is 8.54. The van der Waals surface area contributed by atoms with Gasteiger partial charge in [-0.1, -0.05) is 24.3 Å². The van der Waals surface area contributed by atoms with Gasteiger partial charge in [-0.3, -0.25) is 5.32 Å². The zero-order chi connectivity index (χ0) is 33.2. The van der Waals surface area contributed by atoms with Gasteiger partial charge < -0.3 is 8.86 Å². The number of halogens is 6. The third-order valence-corrected chi connectivity index (χ3v) is 7.83. The molecule has 44 heavy (non-hydrogen) atoms. The average Bonchev–Trinajstić information content (AvgIpc) is 2.90. The number of carbonyl (C=O) groups excluding carboxylic acids is 2. The van der Waals surface area contributed by atoms with Crippen LogP contribution in [-0.2, 0) is 42.5 Å². The van der Waals surface area contributed by atoms with E-state index in [2.05, 4.69) is 10.3 Å². The Morgan fingerprint density at radius 3 is 1.91 bits per heavy atom. The molecular weight excluding hydrogens is 646 g/mol. The molecule has 0 saturated heterocycles. The van der Waals surface area contributed by atoms with Crippen molar-refractivity contribution >= 4 is 43.6 Å². The van der Waals surface area contributed by atoms with Gasteiger partial charge in [-0.05, 0) is 54.8 Å². The highest BCUT2D eigenvalue weighted by molar-refractivity contribution is 8.13. The summed E-state index contributed by atoms with van der Waals surface area (Å²) in [6.07, 6.45) is 5.74. The number of aromatic nitrogens is 1. The van der Waals surface area contributed by atoms with Gasteiger partial charge in [0.2, 0.25) is 6.08 Å². The Balaban J connectivity index is 0.000000382. The molecule has 0 aliphatic rings. The van der Waals surface area contributed by atoms with Gasteiger partial charge in [-0.2, -0.15) is 31.3 Å². The molecule has 238 valence electrons. The van der Waals surface area contributed by atoms with Gasteiger partial charge in [0.25, 0.3) is 0 Å². The number of hydrogen-bond donors (Lipinski definition) is 1. The number of anilines is 1. The monoisotopic (exact) mass is 668 g/mol. The predicted molar refractivity (Wildman–Crippen MR) is 143 cm³/mol. The molecule has 1 heterocycles. The van der Waals surface area contributed by atoms with Crippen LogP contribution in [0.3, 0.4) is 0 Å². The number of benzene rings is 2. The number of hydrogen-bond acceptors (Lipinski definition) is 8. The van der Waals surface area contributed by atoms with E-state index in [1.165, 1.54) is 6.08 Å². The topological polar surface area (TPSA) is 154 Å². The number of rotatable bonds is 9. The molecule has 11 nitrogen and oxygen atoms in total. The number of pyridine rings is 1. The molecule has 0 fully saturated rings. The number of isocyanates is 1. The van der Waals surface area contributed by atoms with E-state index in [1.807, 2.05) is 72.4 Å². The minimum absolute atomic E-state index is 0.294. The second-order valence-corrected chi connectivity index (χ2v) is 12.0. The number of aryl methyl sites for hydroxylation is 1. The summed E-state index contributed by atoms with van der Waals surface area (Å²) < 4.78 is 116. The van der Waals surface area contributed by atoms with Crippen LogP contribution >= 0.6 is 0 Å². The average molecular weight is 669 g/mol. The maximum atomic E-state index is 12.0. The van der Waals surface area contributed by atoms with Crippen molar-refractivity contribution in [3.8, 4) is 0 Å². The number of carbonyl (C=O) groups is 1. The molecule has 0 radical (unpaired) electrons. The molecule has 19 heteroatoms. The molecule has 0 aliphatic heterocycles. The Morgan fingerprint density at radius 1 is 0.909 bits per heavy atom. The molecule has 1 amide bonds. The normalized spacial score (nSPS) is 11.9. The van der Waals surface area contributed by atoms with Gasteiger partial charge in [0.05, 0.1) is 5.69 Å². The minimum Gasteiger partial charge on any atom is -0.443 e. The quantitative estimate of drug-likeness (QED) is 0.143. The number of alkyl halides is 6. The van der Waals surface area contributed by atoms with Crippen molar-refractivity contribution < 1.29 is 62.1 Å². The van der Waals surface area contributed by atoms with E-state index < -0.39 is 37.2 Å². The van der Waals surface area contributed by atoms with Crippen LogP contribution in [-0.4, -0.2) is 46.6 Å². The summed E-state index contributed by atoms with van der Waals surface area (Å²) in [5, 5.41) is 2.73. The standard InChI is InChI=1S/C23H21N3O3.C2F6NO4S2/c1-18-3-2-12-26(16-18)13-14-29-23(28)25-22-10-6-20(7-11-22)15-19-4-8-21(9-5-19)24-17-27;3-1(4,5)14(10,11)9-15(12,13)2(6,7)8/h2-12,16H,13-15H2,1H3;/q;-1/p+1. The molecule has 0 aliphatic carbocycles. The maximum absolute atomic E-state index is 12.0. The van der Waals surface area contributed by atoms with Crippen molar-refractivity contribution in [3.63, 3.8) is 0 Å². The molecule has 0 unspecified atom stereocenters. The van der Waals surface area contributed by atoms with Crippen LogP contribution in [0.5, 0.6) is 0 Å². The summed E-state index contributed by atoms with van der Waals surface area (Å²) in [4.78, 5) is 25.8. The fourth-order valence-corrected chi connectivity index (χ4v) is 4.80. The molecule has 0 bridgehead atoms. The van der Waals surface area contributed by atoms with Crippen LogP contribution < -0.4 is 9.88 Å². The first-order valence-electron chi connectivity index (χ1n) is 11.8. The largest absolute Gasteiger partial charge is 0.480 e. The van der Waals surface area contributed by atoms with Gasteiger partial charge in [-0.25, -0.2) is 31.0 Å². The molecule has 0 spiro atoms. The molecule has 0 saturated carbocycles. The van der Waals surface area contributed by atoms with Crippen molar-refractivity contribution in [2.45, 2.75) is 30.9 Å². The van der Waals surface area contributed by atoms with E-state index in [-0.39, 0.29) is 0 Å². The second kappa shape index (κ2) is 14.9. The van der Waals surface area contributed by atoms with Crippen LogP contribution in [0.1, 0.15) is 16.7 Å². The summed E-state index contributed by atoms with van der Waals surface area (Å²) in [6, 6.07) is 19.0. The van der Waals surface area contributed by atoms with Gasteiger partial charge in [0.15, 0.2) is 45.6 Å². The van der Waals surface area contributed by atoms with Crippen LogP contribution in [0.2, 0.25) is 0 Å². The van der Waals surface area contributed by atoms with Gasteiger partial charge in [0, 0.05) is 17.3 Å². The zero-order valence-corrected chi connectivity index (χ0v) is 24.0. The van der Waals surface area contributed by atoms with Crippen LogP contribution in [0, 0.1) is 6.92 Å². The first kappa shape index (κ1) is 35.9. The molecule has 1 aromatic heterocycles. The Morgan fingerprint density at radius 2 is 1.43 bits per heavy atom. The lowest BCUT2D eigenvalue weighted by Gasteiger charge is -2.22. The molecule has 1 N–H and O–H groups in total. The van der Waals surface area contributed by atoms with Crippen molar-refractivity contribution in [1.82, 2.24) is 0 Å². The van der Waals surface area contributed by atoms with Crippen molar-refractivity contribution in [2.75, 3.05) is 11.9 Å². The first-order valence-corrected chi connectivity index (χ1v) is 14.7. The lowest BCUT2D eigenvalue weighted by atomic mass is 10.0. The highest BCUT2D eigenvalue weighted by Gasteiger charge is 2.46. The maximum Gasteiger partial charge on any atom is 0.480 e. The molecular formula is C25H22F6N4O7S2. The van der Waals surface area contributed by atoms with E-state index in [9.17, 15) is 52.8 Å². The summed E-state index contributed by atoms with van der Waals surface area (Å²) in [7, 11) is -13.4. The Hall–Kier alpha value is -4.32. The van der Waals surface area contributed by atoms with Crippen LogP contribution in [0.25, 0.3) is 4.13 Å². The molecule has 0 atom stereocenters. The molecule has 3 rings (SSSR count). The minimum atomic E-state index is -6.72. The highest BCUT2D eigenvalue weighted by Crippen LogP contribution is 2.36. The summed E-state index contributed by atoms with van der Waals surface area (Å²) in [6.45, 7) is 2.91. The number of nitrogens with one attached hydrogen (secondary N) is 1. The zero-order valence-electron chi connectivity index (χ0n) is 22.3. The van der Waals surface area contributed by atoms with Gasteiger partial charge in [-0.15, -0.1) is 0 Å². The molecule has 3 aromatic rings. The predicted octanol–water partition coefficient (Wildman–Crippen LogP) is 5.15. The number of aliphatic imine (C=N–C) groups is 1. The van der Waals surface area contributed by atoms with E-state index >= 15 is 0 Å². The number of sulfonamides is 2. The number of amides is 1. The summed E-state index contributed by atoms with van der Waals surface area (Å²) in [5.41, 5.74) is -7.78. The molecule has 2 aromatic carbocycles. The lowest BCUT2D eigenvalue weighted by molar-refractivity contribution is -0.698. The SMILES string of the molecule is Cc1ccc[n+](CCOC(=O)Nc2ccc(Cc3ccc(N=C=O)cc3)cc2)c1.O=S(=O)([N-]S(=O)(=O)C(F)(F)F)C(F)(F)F. The van der Waals surface area contributed by atoms with Crippen molar-refractivity contribution in [1.29, 1.82) is 0 Å². The number of nitrogens with zero attached hydrogens (tertiary/aromatic N) is 3. The Bertz CT molecular complexity index is 1650. The van der Waals surface area contributed by atoms with Crippen molar-refractivity contribution in [3.05, 3.63) is 93.9 Å². The van der Waals surface area contributed by atoms with E-state index in [0.29, 0.717) is 24.5 Å². The van der Waals surface area contributed by atoms with E-state index in [0.717, 1.165) is 27.2 Å². The van der Waals surface area contributed by atoms with Crippen LogP contribution in [0.4, 0.5) is 42.5 Å². The smallest absolute Gasteiger partial charge is 0.443 e. The highest BCUT2D eigenvalue weighted by atomic mass is 32.3. The third kappa shape index (κ3) is 11.4.